The first kappa shape index (κ1) is 25.7. The zero-order valence-electron chi connectivity index (χ0n) is 18.4. The summed E-state index contributed by atoms with van der Waals surface area (Å²) >= 11 is 0. The third kappa shape index (κ3) is 8.22. The Morgan fingerprint density at radius 2 is 1.80 bits per heavy atom. The maximum absolute atomic E-state index is 12.0. The topological polar surface area (TPSA) is 66.0 Å². The van der Waals surface area contributed by atoms with Gasteiger partial charge in [0, 0.05) is 20.6 Å². The second-order valence-electron chi connectivity index (χ2n) is 7.20. The number of likely N-dealkylation sites (N-methyl/N-ethyl adjacent to an activating group) is 1. The van der Waals surface area contributed by atoms with Gasteiger partial charge in [0.05, 0.1) is 13.2 Å². The van der Waals surface area contributed by atoms with E-state index in [4.69, 9.17) is 4.74 Å². The van der Waals surface area contributed by atoms with E-state index in [1.165, 1.54) is 16.7 Å². The molecule has 1 unspecified atom stereocenters. The summed E-state index contributed by atoms with van der Waals surface area (Å²) in [6.45, 7) is 4.99. The average molecular weight is 524 g/mol. The SMILES string of the molecule is COc1ccc(CCNC(=NCC(=O)N(C)C)NC(C)c2ccccc2C)cc1.I. The van der Waals surface area contributed by atoms with Crippen LogP contribution >= 0.6 is 24.0 Å². The van der Waals surface area contributed by atoms with Gasteiger partial charge < -0.3 is 20.3 Å². The highest BCUT2D eigenvalue weighted by Gasteiger charge is 2.11. The van der Waals surface area contributed by atoms with Crippen molar-refractivity contribution in [1.82, 2.24) is 15.5 Å². The van der Waals surface area contributed by atoms with E-state index in [0.29, 0.717) is 12.5 Å². The molecule has 1 atom stereocenters. The fourth-order valence-corrected chi connectivity index (χ4v) is 2.91. The van der Waals surface area contributed by atoms with Gasteiger partial charge in [-0.2, -0.15) is 0 Å². The molecule has 0 fully saturated rings. The number of methoxy groups -OCH3 is 1. The Labute approximate surface area is 197 Å². The molecule has 0 heterocycles. The summed E-state index contributed by atoms with van der Waals surface area (Å²) in [6, 6.07) is 16.3. The Balaban J connectivity index is 0.00000450. The minimum Gasteiger partial charge on any atom is -0.497 e. The third-order valence-corrected chi connectivity index (χ3v) is 4.74. The van der Waals surface area contributed by atoms with E-state index >= 15 is 0 Å². The Kier molecular flexibility index (Phi) is 11.2. The van der Waals surface area contributed by atoms with Gasteiger partial charge in [0.2, 0.25) is 5.91 Å². The van der Waals surface area contributed by atoms with E-state index in [2.05, 4.69) is 53.7 Å². The Hall–Kier alpha value is -2.29. The van der Waals surface area contributed by atoms with Crippen LogP contribution in [0, 0.1) is 6.92 Å². The number of halogens is 1. The fourth-order valence-electron chi connectivity index (χ4n) is 2.91. The van der Waals surface area contributed by atoms with Crippen molar-refractivity contribution in [2.24, 2.45) is 4.99 Å². The lowest BCUT2D eigenvalue weighted by Crippen LogP contribution is -2.40. The van der Waals surface area contributed by atoms with Gasteiger partial charge >= 0.3 is 0 Å². The number of carbonyl (C=O) groups excluding carboxylic acids is 1. The monoisotopic (exact) mass is 524 g/mol. The molecule has 164 valence electrons. The van der Waals surface area contributed by atoms with Crippen LogP contribution in [-0.4, -0.2) is 51.1 Å². The summed E-state index contributed by atoms with van der Waals surface area (Å²) in [7, 11) is 5.13. The average Bonchev–Trinajstić information content (AvgIpc) is 2.72. The maximum atomic E-state index is 12.0. The lowest BCUT2D eigenvalue weighted by molar-refractivity contribution is -0.127. The lowest BCUT2D eigenvalue weighted by atomic mass is 10.0. The second kappa shape index (κ2) is 13.1. The smallest absolute Gasteiger partial charge is 0.243 e. The summed E-state index contributed by atoms with van der Waals surface area (Å²) in [5.74, 6) is 1.44. The quantitative estimate of drug-likeness (QED) is 0.315. The number of hydrogen-bond acceptors (Lipinski definition) is 3. The first-order valence-electron chi connectivity index (χ1n) is 9.84. The number of amides is 1. The molecular weight excluding hydrogens is 491 g/mol. The first-order chi connectivity index (χ1) is 13.9. The van der Waals surface area contributed by atoms with Gasteiger partial charge in [-0.15, -0.1) is 24.0 Å². The number of nitrogens with zero attached hydrogens (tertiary/aromatic N) is 2. The minimum atomic E-state index is -0.0372. The number of nitrogens with one attached hydrogen (secondary N) is 2. The van der Waals surface area contributed by atoms with E-state index in [1.807, 2.05) is 24.3 Å². The summed E-state index contributed by atoms with van der Waals surface area (Å²) < 4.78 is 5.20. The van der Waals surface area contributed by atoms with Crippen LogP contribution in [0.3, 0.4) is 0 Å². The lowest BCUT2D eigenvalue weighted by Gasteiger charge is -2.20. The molecule has 0 saturated carbocycles. The molecule has 2 aromatic carbocycles. The van der Waals surface area contributed by atoms with Gasteiger partial charge in [-0.3, -0.25) is 4.79 Å². The predicted octanol–water partition coefficient (Wildman–Crippen LogP) is 3.55. The van der Waals surface area contributed by atoms with Crippen molar-refractivity contribution in [1.29, 1.82) is 0 Å². The third-order valence-electron chi connectivity index (χ3n) is 4.74. The number of aryl methyl sites for hydroxylation is 1. The molecule has 0 aromatic heterocycles. The van der Waals surface area contributed by atoms with Gasteiger partial charge in [0.25, 0.3) is 0 Å². The van der Waals surface area contributed by atoms with Crippen LogP contribution in [0.2, 0.25) is 0 Å². The Morgan fingerprint density at radius 1 is 1.13 bits per heavy atom. The van der Waals surface area contributed by atoms with Crippen LogP contribution in [0.1, 0.15) is 29.7 Å². The van der Waals surface area contributed by atoms with Crippen molar-refractivity contribution in [3.8, 4) is 5.75 Å². The van der Waals surface area contributed by atoms with Crippen molar-refractivity contribution in [3.63, 3.8) is 0 Å². The van der Waals surface area contributed by atoms with Crippen molar-refractivity contribution in [2.45, 2.75) is 26.3 Å². The number of benzene rings is 2. The van der Waals surface area contributed by atoms with Crippen LogP contribution in [0.25, 0.3) is 0 Å². The van der Waals surface area contributed by atoms with Gasteiger partial charge in [-0.05, 0) is 49.1 Å². The fraction of sp³-hybridized carbons (Fsp3) is 0.391. The second-order valence-corrected chi connectivity index (χ2v) is 7.20. The number of carbonyl (C=O) groups is 1. The largest absolute Gasteiger partial charge is 0.497 e. The predicted molar refractivity (Wildman–Crippen MR) is 134 cm³/mol. The normalized spacial score (nSPS) is 11.8. The van der Waals surface area contributed by atoms with Crippen LogP contribution in [0.15, 0.2) is 53.5 Å². The highest BCUT2D eigenvalue weighted by molar-refractivity contribution is 14.0. The first-order valence-corrected chi connectivity index (χ1v) is 9.84. The van der Waals surface area contributed by atoms with Gasteiger partial charge in [-0.25, -0.2) is 4.99 Å². The van der Waals surface area contributed by atoms with Crippen molar-refractivity contribution >= 4 is 35.8 Å². The number of aliphatic imine (C=N–C) groups is 1. The van der Waals surface area contributed by atoms with Crippen LogP contribution < -0.4 is 15.4 Å². The molecule has 2 aromatic rings. The molecule has 30 heavy (non-hydrogen) atoms. The minimum absolute atomic E-state index is 0. The van der Waals surface area contributed by atoms with Gasteiger partial charge in [0.1, 0.15) is 12.3 Å². The summed E-state index contributed by atoms with van der Waals surface area (Å²) in [5, 5.41) is 6.77. The molecule has 0 saturated heterocycles. The molecule has 0 spiro atoms. The standard InChI is InChI=1S/C23H32N4O2.HI/c1-17-8-6-7-9-21(17)18(2)26-23(25-16-22(28)27(3)4)24-15-14-19-10-12-20(29-5)13-11-19;/h6-13,18H,14-16H2,1-5H3,(H2,24,25,26);1H. The molecule has 0 aliphatic carbocycles. The van der Waals surface area contributed by atoms with E-state index < -0.39 is 0 Å². The van der Waals surface area contributed by atoms with Crippen molar-refractivity contribution in [2.75, 3.05) is 34.3 Å². The molecule has 1 amide bonds. The van der Waals surface area contributed by atoms with E-state index in [0.717, 1.165) is 12.2 Å². The van der Waals surface area contributed by atoms with Gasteiger partial charge in [0.15, 0.2) is 5.96 Å². The van der Waals surface area contributed by atoms with Crippen LogP contribution in [-0.2, 0) is 11.2 Å². The molecule has 2 rings (SSSR count). The molecule has 7 heteroatoms. The number of ether oxygens (including phenoxy) is 1. The zero-order valence-corrected chi connectivity index (χ0v) is 20.8. The van der Waals surface area contributed by atoms with Crippen LogP contribution in [0.5, 0.6) is 5.75 Å². The molecule has 0 aliphatic heterocycles. The number of rotatable bonds is 8. The molecule has 2 N–H and O–H groups in total. The number of guanidine groups is 1. The van der Waals surface area contributed by atoms with E-state index in [1.54, 1.807) is 26.1 Å². The molecule has 0 radical (unpaired) electrons. The Bertz CT molecular complexity index is 822. The highest BCUT2D eigenvalue weighted by atomic mass is 127. The summed E-state index contributed by atoms with van der Waals surface area (Å²) in [5.41, 5.74) is 3.62. The zero-order chi connectivity index (χ0) is 21.2. The van der Waals surface area contributed by atoms with Crippen molar-refractivity contribution < 1.29 is 9.53 Å². The van der Waals surface area contributed by atoms with E-state index in [-0.39, 0.29) is 42.5 Å². The molecular formula is C23H33IN4O2. The number of hydrogen-bond donors (Lipinski definition) is 2. The maximum Gasteiger partial charge on any atom is 0.243 e. The molecule has 0 bridgehead atoms. The van der Waals surface area contributed by atoms with Crippen LogP contribution in [0.4, 0.5) is 0 Å². The van der Waals surface area contributed by atoms with Gasteiger partial charge in [-0.1, -0.05) is 36.4 Å². The molecule has 6 nitrogen and oxygen atoms in total. The van der Waals surface area contributed by atoms with Crippen molar-refractivity contribution in [3.05, 3.63) is 65.2 Å². The van der Waals surface area contributed by atoms with E-state index in [9.17, 15) is 4.79 Å². The highest BCUT2D eigenvalue weighted by Crippen LogP contribution is 2.16. The summed E-state index contributed by atoms with van der Waals surface area (Å²) in [6.07, 6.45) is 0.838. The molecule has 0 aliphatic rings. The Morgan fingerprint density at radius 3 is 2.40 bits per heavy atom. The summed E-state index contributed by atoms with van der Waals surface area (Å²) in [4.78, 5) is 18.0.